The Labute approximate surface area is 142 Å². The van der Waals surface area contributed by atoms with E-state index in [2.05, 4.69) is 24.4 Å². The van der Waals surface area contributed by atoms with Gasteiger partial charge >= 0.3 is 0 Å². The number of rotatable bonds is 7. The molecule has 0 saturated carbocycles. The Morgan fingerprint density at radius 2 is 1.88 bits per heavy atom. The first-order chi connectivity index (χ1) is 11.7. The molecular formula is C20H23NO3. The van der Waals surface area contributed by atoms with Crippen LogP contribution >= 0.6 is 0 Å². The number of hydrogen-bond donors (Lipinski definition) is 2. The number of aliphatic hydroxyl groups is 1. The van der Waals surface area contributed by atoms with Crippen molar-refractivity contribution in [1.29, 1.82) is 0 Å². The number of para-hydroxylation sites is 1. The molecule has 4 nitrogen and oxygen atoms in total. The molecule has 2 aromatic carbocycles. The van der Waals surface area contributed by atoms with Gasteiger partial charge < -0.3 is 19.6 Å². The first-order valence-corrected chi connectivity index (χ1v) is 8.18. The van der Waals surface area contributed by atoms with Gasteiger partial charge in [0.2, 0.25) is 0 Å². The lowest BCUT2D eigenvalue weighted by Crippen LogP contribution is -2.31. The summed E-state index contributed by atoms with van der Waals surface area (Å²) >= 11 is 0. The molecule has 0 fully saturated rings. The number of aliphatic hydroxyl groups excluding tert-OH is 1. The van der Waals surface area contributed by atoms with Gasteiger partial charge in [0.15, 0.2) is 0 Å². The lowest BCUT2D eigenvalue weighted by Gasteiger charge is -2.16. The lowest BCUT2D eigenvalue weighted by molar-refractivity contribution is 0.146. The third-order valence-electron chi connectivity index (χ3n) is 4.13. The highest BCUT2D eigenvalue weighted by Gasteiger charge is 2.14. The standard InChI is InChI=1S/C20H23NO3/c1-14(11-15-7-9-17(23-2)10-8-15)21-13-18(22)20-12-16-5-3-4-6-19(16)24-20/h3-10,12,14,18,21-22H,11,13H2,1-2H3. The fourth-order valence-electron chi connectivity index (χ4n) is 2.77. The molecule has 4 heteroatoms. The van der Waals surface area contributed by atoms with Crippen molar-refractivity contribution in [2.75, 3.05) is 13.7 Å². The molecule has 2 atom stereocenters. The third kappa shape index (κ3) is 3.96. The Balaban J connectivity index is 1.53. The second-order valence-electron chi connectivity index (χ2n) is 6.06. The summed E-state index contributed by atoms with van der Waals surface area (Å²) in [6.07, 6.45) is 0.229. The smallest absolute Gasteiger partial charge is 0.135 e. The predicted molar refractivity (Wildman–Crippen MR) is 95.3 cm³/mol. The summed E-state index contributed by atoms with van der Waals surface area (Å²) in [5.74, 6) is 1.46. The van der Waals surface area contributed by atoms with E-state index in [4.69, 9.17) is 9.15 Å². The van der Waals surface area contributed by atoms with E-state index >= 15 is 0 Å². The molecule has 1 aromatic heterocycles. The summed E-state index contributed by atoms with van der Waals surface area (Å²) in [5, 5.41) is 14.7. The molecule has 3 rings (SSSR count). The number of nitrogens with one attached hydrogen (secondary N) is 1. The lowest BCUT2D eigenvalue weighted by atomic mass is 10.1. The van der Waals surface area contributed by atoms with Crippen molar-refractivity contribution in [1.82, 2.24) is 5.32 Å². The molecule has 0 radical (unpaired) electrons. The van der Waals surface area contributed by atoms with E-state index in [-0.39, 0.29) is 6.04 Å². The van der Waals surface area contributed by atoms with Gasteiger partial charge in [-0.2, -0.15) is 0 Å². The van der Waals surface area contributed by atoms with Crippen LogP contribution in [0.2, 0.25) is 0 Å². The van der Waals surface area contributed by atoms with Crippen LogP contribution in [0.3, 0.4) is 0 Å². The third-order valence-corrected chi connectivity index (χ3v) is 4.13. The first kappa shape index (κ1) is 16.6. The highest BCUT2D eigenvalue weighted by molar-refractivity contribution is 5.77. The minimum absolute atomic E-state index is 0.248. The second kappa shape index (κ2) is 7.51. The van der Waals surface area contributed by atoms with Crippen molar-refractivity contribution in [3.63, 3.8) is 0 Å². The second-order valence-corrected chi connectivity index (χ2v) is 6.06. The van der Waals surface area contributed by atoms with Crippen molar-refractivity contribution in [2.45, 2.75) is 25.5 Å². The molecule has 0 spiro atoms. The summed E-state index contributed by atoms with van der Waals surface area (Å²) in [5.41, 5.74) is 2.03. The zero-order valence-electron chi connectivity index (χ0n) is 14.0. The maximum Gasteiger partial charge on any atom is 0.135 e. The Morgan fingerprint density at radius 1 is 1.12 bits per heavy atom. The largest absolute Gasteiger partial charge is 0.497 e. The van der Waals surface area contributed by atoms with Crippen molar-refractivity contribution in [2.24, 2.45) is 0 Å². The topological polar surface area (TPSA) is 54.6 Å². The van der Waals surface area contributed by atoms with Gasteiger partial charge in [0.25, 0.3) is 0 Å². The molecule has 1 heterocycles. The molecule has 0 aliphatic heterocycles. The minimum Gasteiger partial charge on any atom is -0.497 e. The molecule has 0 amide bonds. The molecule has 3 aromatic rings. The zero-order valence-corrected chi connectivity index (χ0v) is 14.0. The van der Waals surface area contributed by atoms with Gasteiger partial charge in [0.1, 0.15) is 23.2 Å². The average molecular weight is 325 g/mol. The van der Waals surface area contributed by atoms with Gasteiger partial charge in [-0.15, -0.1) is 0 Å². The monoisotopic (exact) mass is 325 g/mol. The summed E-state index contributed by atoms with van der Waals surface area (Å²) in [4.78, 5) is 0. The Morgan fingerprint density at radius 3 is 2.58 bits per heavy atom. The highest BCUT2D eigenvalue weighted by atomic mass is 16.5. The number of fused-ring (bicyclic) bond motifs is 1. The van der Waals surface area contributed by atoms with Gasteiger partial charge in [-0.3, -0.25) is 0 Å². The number of hydrogen-bond acceptors (Lipinski definition) is 4. The fourth-order valence-corrected chi connectivity index (χ4v) is 2.77. The van der Waals surface area contributed by atoms with Crippen LogP contribution in [-0.2, 0) is 6.42 Å². The normalized spacial score (nSPS) is 13.8. The van der Waals surface area contributed by atoms with E-state index in [9.17, 15) is 5.11 Å². The van der Waals surface area contributed by atoms with E-state index < -0.39 is 6.10 Å². The Hall–Kier alpha value is -2.30. The molecular weight excluding hydrogens is 302 g/mol. The molecule has 24 heavy (non-hydrogen) atoms. The molecule has 0 aliphatic rings. The zero-order chi connectivity index (χ0) is 16.9. The van der Waals surface area contributed by atoms with E-state index in [0.717, 1.165) is 23.1 Å². The molecule has 0 bridgehead atoms. The fraction of sp³-hybridized carbons (Fsp3) is 0.300. The van der Waals surface area contributed by atoms with E-state index in [0.29, 0.717) is 12.3 Å². The summed E-state index contributed by atoms with van der Waals surface area (Å²) in [6, 6.07) is 18.0. The SMILES string of the molecule is COc1ccc(CC(C)NCC(O)c2cc3ccccc3o2)cc1. The summed E-state index contributed by atoms with van der Waals surface area (Å²) in [7, 11) is 1.67. The summed E-state index contributed by atoms with van der Waals surface area (Å²) in [6.45, 7) is 2.56. The summed E-state index contributed by atoms with van der Waals surface area (Å²) < 4.78 is 10.9. The van der Waals surface area contributed by atoms with Gasteiger partial charge in [-0.05, 0) is 43.2 Å². The Kier molecular flexibility index (Phi) is 5.18. The molecule has 2 unspecified atom stereocenters. The van der Waals surface area contributed by atoms with Gasteiger partial charge in [-0.1, -0.05) is 30.3 Å². The number of methoxy groups -OCH3 is 1. The van der Waals surface area contributed by atoms with Crippen LogP contribution < -0.4 is 10.1 Å². The quantitative estimate of drug-likeness (QED) is 0.695. The van der Waals surface area contributed by atoms with Crippen molar-refractivity contribution >= 4 is 11.0 Å². The number of ether oxygens (including phenoxy) is 1. The van der Waals surface area contributed by atoms with E-state index in [1.807, 2.05) is 42.5 Å². The maximum absolute atomic E-state index is 10.3. The molecule has 0 aliphatic carbocycles. The van der Waals surface area contributed by atoms with E-state index in [1.165, 1.54) is 5.56 Å². The van der Waals surface area contributed by atoms with Crippen LogP contribution in [0.1, 0.15) is 24.4 Å². The van der Waals surface area contributed by atoms with Gasteiger partial charge in [-0.25, -0.2) is 0 Å². The molecule has 126 valence electrons. The van der Waals surface area contributed by atoms with Crippen LogP contribution in [-0.4, -0.2) is 24.8 Å². The highest BCUT2D eigenvalue weighted by Crippen LogP contribution is 2.23. The average Bonchev–Trinajstić information content (AvgIpc) is 3.04. The maximum atomic E-state index is 10.3. The van der Waals surface area contributed by atoms with Crippen LogP contribution in [0.5, 0.6) is 5.75 Å². The van der Waals surface area contributed by atoms with Crippen LogP contribution in [0.4, 0.5) is 0 Å². The first-order valence-electron chi connectivity index (χ1n) is 8.18. The van der Waals surface area contributed by atoms with Gasteiger partial charge in [0, 0.05) is 18.0 Å². The van der Waals surface area contributed by atoms with E-state index in [1.54, 1.807) is 7.11 Å². The molecule has 0 saturated heterocycles. The van der Waals surface area contributed by atoms with Crippen LogP contribution in [0.25, 0.3) is 11.0 Å². The number of furan rings is 1. The van der Waals surface area contributed by atoms with Crippen molar-refractivity contribution < 1.29 is 14.3 Å². The predicted octanol–water partition coefficient (Wildman–Crippen LogP) is 3.70. The molecule has 2 N–H and O–H groups in total. The van der Waals surface area contributed by atoms with Crippen molar-refractivity contribution in [3.8, 4) is 5.75 Å². The van der Waals surface area contributed by atoms with Crippen molar-refractivity contribution in [3.05, 3.63) is 65.9 Å². The number of benzene rings is 2. The minimum atomic E-state index is -0.657. The Bertz CT molecular complexity index is 746. The van der Waals surface area contributed by atoms with Gasteiger partial charge in [0.05, 0.1) is 7.11 Å². The van der Waals surface area contributed by atoms with Crippen LogP contribution in [0, 0.1) is 0 Å². The van der Waals surface area contributed by atoms with Crippen LogP contribution in [0.15, 0.2) is 59.0 Å².